The molecule has 1 aromatic heterocycles. The maximum absolute atomic E-state index is 12.3. The number of carbonyl (C=O) groups excluding carboxylic acids is 1. The van der Waals surface area contributed by atoms with Gasteiger partial charge in [0.1, 0.15) is 0 Å². The third kappa shape index (κ3) is 2.27. The van der Waals surface area contributed by atoms with Gasteiger partial charge in [0.2, 0.25) is 11.9 Å². The van der Waals surface area contributed by atoms with Gasteiger partial charge in [-0.3, -0.25) is 4.79 Å². The number of aryl methyl sites for hydroxylation is 1. The highest BCUT2D eigenvalue weighted by atomic mass is 16.2. The number of likely N-dealkylation sites (N-methyl/N-ethyl adjacent to an activating group) is 1. The summed E-state index contributed by atoms with van der Waals surface area (Å²) in [5.41, 5.74) is 2.24. The molecule has 5 nitrogen and oxygen atoms in total. The average Bonchev–Trinajstić information content (AvgIpc) is 2.71. The van der Waals surface area contributed by atoms with E-state index in [0.717, 1.165) is 37.6 Å². The number of hydrogen-bond donors (Lipinski definition) is 0. The molecule has 22 heavy (non-hydrogen) atoms. The Morgan fingerprint density at radius 2 is 1.91 bits per heavy atom. The second kappa shape index (κ2) is 5.21. The van der Waals surface area contributed by atoms with Gasteiger partial charge in [-0.2, -0.15) is 0 Å². The van der Waals surface area contributed by atoms with Crippen molar-refractivity contribution in [3.8, 4) is 0 Å². The Morgan fingerprint density at radius 3 is 2.64 bits per heavy atom. The van der Waals surface area contributed by atoms with Crippen molar-refractivity contribution in [2.24, 2.45) is 5.92 Å². The highest BCUT2D eigenvalue weighted by Crippen LogP contribution is 2.36. The van der Waals surface area contributed by atoms with Gasteiger partial charge in [-0.1, -0.05) is 6.42 Å². The number of anilines is 1. The minimum atomic E-state index is 0.111. The normalized spacial score (nSPS) is 28.7. The number of carbonyl (C=O) groups is 1. The Bertz CT molecular complexity index is 598. The minimum absolute atomic E-state index is 0.111. The minimum Gasteiger partial charge on any atom is -0.341 e. The number of fused-ring (bicyclic) bond motifs is 4. The van der Waals surface area contributed by atoms with Crippen LogP contribution < -0.4 is 4.90 Å². The van der Waals surface area contributed by atoms with Crippen molar-refractivity contribution in [2.75, 3.05) is 25.0 Å². The number of piperidine rings is 1. The molecule has 118 valence electrons. The van der Waals surface area contributed by atoms with Gasteiger partial charge < -0.3 is 9.80 Å². The van der Waals surface area contributed by atoms with Crippen LogP contribution in [-0.4, -0.2) is 47.0 Å². The van der Waals surface area contributed by atoms with E-state index in [1.54, 1.807) is 0 Å². The Kier molecular flexibility index (Phi) is 3.31. The molecule has 0 N–H and O–H groups in total. The SMILES string of the molecule is Cc1cc(C2CCC2)nc(N2C[C@H]3CC[C@@H](C2)N(C)C3=O)n1. The van der Waals surface area contributed by atoms with Crippen molar-refractivity contribution >= 4 is 11.9 Å². The van der Waals surface area contributed by atoms with E-state index in [1.807, 2.05) is 11.9 Å². The molecule has 2 bridgehead atoms. The lowest BCUT2D eigenvalue weighted by molar-refractivity contribution is -0.138. The van der Waals surface area contributed by atoms with Crippen LogP contribution in [0.3, 0.4) is 0 Å². The number of amides is 1. The van der Waals surface area contributed by atoms with Crippen molar-refractivity contribution in [3.63, 3.8) is 0 Å². The molecule has 0 radical (unpaired) electrons. The van der Waals surface area contributed by atoms with E-state index in [-0.39, 0.29) is 5.92 Å². The Labute approximate surface area is 131 Å². The second-order valence-corrected chi connectivity index (χ2v) is 7.14. The highest BCUT2D eigenvalue weighted by Gasteiger charge is 2.39. The van der Waals surface area contributed by atoms with Crippen LogP contribution in [0.1, 0.15) is 49.4 Å². The molecule has 1 aliphatic carbocycles. The molecule has 4 fully saturated rings. The zero-order valence-electron chi connectivity index (χ0n) is 13.5. The van der Waals surface area contributed by atoms with E-state index in [9.17, 15) is 4.79 Å². The molecule has 2 atom stereocenters. The van der Waals surface area contributed by atoms with Crippen molar-refractivity contribution in [2.45, 2.75) is 51.0 Å². The number of rotatable bonds is 2. The average molecular weight is 300 g/mol. The molecule has 4 heterocycles. The summed E-state index contributed by atoms with van der Waals surface area (Å²) in [7, 11) is 1.94. The van der Waals surface area contributed by atoms with E-state index in [0.29, 0.717) is 17.9 Å². The first-order chi connectivity index (χ1) is 10.6. The first-order valence-electron chi connectivity index (χ1n) is 8.49. The molecule has 3 aliphatic heterocycles. The summed E-state index contributed by atoms with van der Waals surface area (Å²) in [4.78, 5) is 26.1. The third-order valence-corrected chi connectivity index (χ3v) is 5.63. The fourth-order valence-corrected chi connectivity index (χ4v) is 3.95. The lowest BCUT2D eigenvalue weighted by atomic mass is 9.83. The monoisotopic (exact) mass is 300 g/mol. The van der Waals surface area contributed by atoms with Crippen LogP contribution in [0.2, 0.25) is 0 Å². The van der Waals surface area contributed by atoms with Crippen LogP contribution in [-0.2, 0) is 4.79 Å². The molecule has 5 rings (SSSR count). The summed E-state index contributed by atoms with van der Waals surface area (Å²) >= 11 is 0. The predicted molar refractivity (Wildman–Crippen MR) is 84.9 cm³/mol. The molecule has 0 spiro atoms. The first kappa shape index (κ1) is 14.0. The van der Waals surface area contributed by atoms with E-state index >= 15 is 0 Å². The van der Waals surface area contributed by atoms with Gasteiger partial charge in [0.05, 0.1) is 5.92 Å². The van der Waals surface area contributed by atoms with E-state index in [4.69, 9.17) is 4.98 Å². The standard InChI is InChI=1S/C17H24N4O/c1-11-8-15(12-4-3-5-12)19-17(18-11)21-9-13-6-7-14(10-21)20(2)16(13)22/h8,12-14H,3-7,9-10H2,1-2H3/t13-,14+/m1/s1. The molecule has 3 saturated heterocycles. The van der Waals surface area contributed by atoms with Crippen LogP contribution in [0.25, 0.3) is 0 Å². The third-order valence-electron chi connectivity index (χ3n) is 5.63. The quantitative estimate of drug-likeness (QED) is 0.839. The predicted octanol–water partition coefficient (Wildman–Crippen LogP) is 2.11. The van der Waals surface area contributed by atoms with E-state index in [2.05, 4.69) is 22.9 Å². The summed E-state index contributed by atoms with van der Waals surface area (Å²) in [5.74, 6) is 1.86. The van der Waals surface area contributed by atoms with E-state index < -0.39 is 0 Å². The molecule has 1 aromatic rings. The summed E-state index contributed by atoms with van der Waals surface area (Å²) in [6.07, 6.45) is 5.93. The van der Waals surface area contributed by atoms with Crippen molar-refractivity contribution in [3.05, 3.63) is 17.5 Å². The second-order valence-electron chi connectivity index (χ2n) is 7.14. The van der Waals surface area contributed by atoms with Crippen LogP contribution in [0.15, 0.2) is 6.07 Å². The summed E-state index contributed by atoms with van der Waals surface area (Å²) < 4.78 is 0. The van der Waals surface area contributed by atoms with Gasteiger partial charge in [-0.25, -0.2) is 9.97 Å². The maximum Gasteiger partial charge on any atom is 0.227 e. The lowest BCUT2D eigenvalue weighted by Gasteiger charge is -2.32. The zero-order valence-corrected chi connectivity index (χ0v) is 13.5. The van der Waals surface area contributed by atoms with Crippen molar-refractivity contribution < 1.29 is 4.79 Å². The van der Waals surface area contributed by atoms with E-state index in [1.165, 1.54) is 25.0 Å². The molecule has 0 aromatic carbocycles. The Morgan fingerprint density at radius 1 is 1.09 bits per heavy atom. The summed E-state index contributed by atoms with van der Waals surface area (Å²) in [5, 5.41) is 0. The topological polar surface area (TPSA) is 49.3 Å². The maximum atomic E-state index is 12.3. The molecular weight excluding hydrogens is 276 g/mol. The summed E-state index contributed by atoms with van der Waals surface area (Å²) in [6.45, 7) is 3.69. The first-order valence-corrected chi connectivity index (χ1v) is 8.49. The van der Waals surface area contributed by atoms with Crippen LogP contribution in [0.5, 0.6) is 0 Å². The number of aromatic nitrogens is 2. The fourth-order valence-electron chi connectivity index (χ4n) is 3.95. The van der Waals surface area contributed by atoms with Crippen LogP contribution in [0.4, 0.5) is 5.95 Å². The van der Waals surface area contributed by atoms with Crippen LogP contribution >= 0.6 is 0 Å². The fraction of sp³-hybridized carbons (Fsp3) is 0.706. The number of hydrogen-bond acceptors (Lipinski definition) is 4. The van der Waals surface area contributed by atoms with Gasteiger partial charge in [0, 0.05) is 43.5 Å². The smallest absolute Gasteiger partial charge is 0.227 e. The Balaban J connectivity index is 1.64. The van der Waals surface area contributed by atoms with Gasteiger partial charge in [0.15, 0.2) is 0 Å². The molecule has 1 saturated carbocycles. The van der Waals surface area contributed by atoms with Gasteiger partial charge in [0.25, 0.3) is 0 Å². The molecule has 1 amide bonds. The van der Waals surface area contributed by atoms with Crippen LogP contribution in [0, 0.1) is 12.8 Å². The zero-order chi connectivity index (χ0) is 15.3. The van der Waals surface area contributed by atoms with Crippen molar-refractivity contribution in [1.29, 1.82) is 0 Å². The molecular formula is C17H24N4O. The molecule has 4 aliphatic rings. The molecule has 0 unspecified atom stereocenters. The summed E-state index contributed by atoms with van der Waals surface area (Å²) in [6, 6.07) is 2.44. The highest BCUT2D eigenvalue weighted by molar-refractivity contribution is 5.81. The number of nitrogens with zero attached hydrogens (tertiary/aromatic N) is 4. The largest absolute Gasteiger partial charge is 0.341 e. The van der Waals surface area contributed by atoms with Gasteiger partial charge in [-0.05, 0) is 38.7 Å². The molecule has 5 heteroatoms. The van der Waals surface area contributed by atoms with Crippen molar-refractivity contribution in [1.82, 2.24) is 14.9 Å². The lowest BCUT2D eigenvalue weighted by Crippen LogP contribution is -2.45. The van der Waals surface area contributed by atoms with Gasteiger partial charge in [-0.15, -0.1) is 0 Å². The Hall–Kier alpha value is -1.65. The van der Waals surface area contributed by atoms with Gasteiger partial charge >= 0.3 is 0 Å².